The lowest BCUT2D eigenvalue weighted by molar-refractivity contribution is 0.0915. The summed E-state index contributed by atoms with van der Waals surface area (Å²) in [6.45, 7) is 4.03. The topological polar surface area (TPSA) is 58.9 Å². The molecule has 22 heavy (non-hydrogen) atoms. The average Bonchev–Trinajstić information content (AvgIpc) is 3.00. The molecule has 0 saturated carbocycles. The number of aromatic nitrogens is 2. The third-order valence-corrected chi connectivity index (χ3v) is 4.61. The average molecular weight is 363 g/mol. The predicted molar refractivity (Wildman–Crippen MR) is 89.2 cm³/mol. The van der Waals surface area contributed by atoms with E-state index in [9.17, 15) is 4.79 Å². The van der Waals surface area contributed by atoms with Gasteiger partial charge < -0.3 is 10.6 Å². The smallest absolute Gasteiger partial charge is 0.254 e. The van der Waals surface area contributed by atoms with E-state index < -0.39 is 0 Å². The number of piperidine rings is 1. The lowest BCUT2D eigenvalue weighted by atomic mass is 9.94. The van der Waals surface area contributed by atoms with Gasteiger partial charge in [0.05, 0.1) is 17.4 Å². The molecular formula is C16H19BrN4O. The maximum Gasteiger partial charge on any atom is 0.254 e. The van der Waals surface area contributed by atoms with Crippen molar-refractivity contribution < 1.29 is 4.79 Å². The summed E-state index contributed by atoms with van der Waals surface area (Å²) in [4.78, 5) is 12.4. The van der Waals surface area contributed by atoms with E-state index in [1.165, 1.54) is 0 Å². The summed E-state index contributed by atoms with van der Waals surface area (Å²) in [7, 11) is 0. The highest BCUT2D eigenvalue weighted by Gasteiger charge is 2.23. The highest BCUT2D eigenvalue weighted by Crippen LogP contribution is 2.15. The van der Waals surface area contributed by atoms with Crippen LogP contribution in [0.3, 0.4) is 0 Å². The molecule has 1 aromatic heterocycles. The molecule has 0 spiro atoms. The molecule has 3 rings (SSSR count). The molecule has 1 amide bonds. The van der Waals surface area contributed by atoms with Gasteiger partial charge in [0.1, 0.15) is 0 Å². The minimum atomic E-state index is -0.0658. The minimum Gasteiger partial charge on any atom is -0.348 e. The minimum absolute atomic E-state index is 0.0658. The molecule has 2 unspecified atom stereocenters. The van der Waals surface area contributed by atoms with Crippen molar-refractivity contribution in [1.29, 1.82) is 0 Å². The summed E-state index contributed by atoms with van der Waals surface area (Å²) >= 11 is 3.41. The van der Waals surface area contributed by atoms with Gasteiger partial charge >= 0.3 is 0 Å². The van der Waals surface area contributed by atoms with Gasteiger partial charge in [-0.25, -0.2) is 4.68 Å². The third-order valence-electron chi connectivity index (χ3n) is 4.08. The van der Waals surface area contributed by atoms with Crippen LogP contribution in [-0.4, -0.2) is 34.8 Å². The molecular weight excluding hydrogens is 344 g/mol. The number of nitrogens with one attached hydrogen (secondary N) is 2. The van der Waals surface area contributed by atoms with Crippen LogP contribution in [0.5, 0.6) is 0 Å². The van der Waals surface area contributed by atoms with Crippen molar-refractivity contribution in [3.05, 3.63) is 46.7 Å². The van der Waals surface area contributed by atoms with Gasteiger partial charge in [-0.05, 0) is 43.1 Å². The molecule has 1 aliphatic heterocycles. The highest BCUT2D eigenvalue weighted by atomic mass is 79.9. The molecule has 0 aliphatic carbocycles. The molecule has 1 aromatic carbocycles. The van der Waals surface area contributed by atoms with Crippen molar-refractivity contribution in [2.75, 3.05) is 13.1 Å². The highest BCUT2D eigenvalue weighted by molar-refractivity contribution is 9.10. The van der Waals surface area contributed by atoms with Crippen molar-refractivity contribution in [1.82, 2.24) is 20.4 Å². The second-order valence-corrected chi connectivity index (χ2v) is 6.62. The zero-order valence-corrected chi connectivity index (χ0v) is 14.0. The number of benzene rings is 1. The molecule has 2 aromatic rings. The summed E-state index contributed by atoms with van der Waals surface area (Å²) in [6, 6.07) is 7.98. The van der Waals surface area contributed by atoms with Crippen molar-refractivity contribution in [3.8, 4) is 5.69 Å². The summed E-state index contributed by atoms with van der Waals surface area (Å²) < 4.78 is 2.73. The van der Waals surface area contributed by atoms with Crippen LogP contribution in [0.4, 0.5) is 0 Å². The van der Waals surface area contributed by atoms with E-state index in [2.05, 4.69) is 38.6 Å². The Bertz CT molecular complexity index is 652. The number of carbonyl (C=O) groups is 1. The van der Waals surface area contributed by atoms with Crippen LogP contribution < -0.4 is 10.6 Å². The Balaban J connectivity index is 1.70. The van der Waals surface area contributed by atoms with E-state index in [0.717, 1.165) is 29.7 Å². The van der Waals surface area contributed by atoms with Crippen molar-refractivity contribution in [3.63, 3.8) is 0 Å². The molecule has 2 N–H and O–H groups in total. The van der Waals surface area contributed by atoms with Crippen LogP contribution in [0.15, 0.2) is 41.1 Å². The second kappa shape index (κ2) is 6.62. The molecule has 2 atom stereocenters. The van der Waals surface area contributed by atoms with Gasteiger partial charge in [-0.2, -0.15) is 5.10 Å². The van der Waals surface area contributed by atoms with Gasteiger partial charge in [0.2, 0.25) is 0 Å². The first-order valence-corrected chi connectivity index (χ1v) is 8.25. The number of amides is 1. The van der Waals surface area contributed by atoms with Crippen LogP contribution in [0, 0.1) is 5.92 Å². The van der Waals surface area contributed by atoms with Gasteiger partial charge in [0, 0.05) is 23.3 Å². The number of carbonyl (C=O) groups excluding carboxylic acids is 1. The van der Waals surface area contributed by atoms with E-state index >= 15 is 0 Å². The van der Waals surface area contributed by atoms with E-state index in [0.29, 0.717) is 11.5 Å². The van der Waals surface area contributed by atoms with Crippen LogP contribution >= 0.6 is 15.9 Å². The summed E-state index contributed by atoms with van der Waals surface area (Å²) in [6.07, 6.45) is 4.46. The fraction of sp³-hybridized carbons (Fsp3) is 0.375. The maximum atomic E-state index is 12.4. The lowest BCUT2D eigenvalue weighted by Crippen LogP contribution is -2.50. The summed E-state index contributed by atoms with van der Waals surface area (Å²) in [5, 5.41) is 10.7. The number of rotatable bonds is 3. The first kappa shape index (κ1) is 15.2. The Hall–Kier alpha value is -1.66. The van der Waals surface area contributed by atoms with Crippen LogP contribution in [0.1, 0.15) is 23.7 Å². The first-order valence-electron chi connectivity index (χ1n) is 7.45. The van der Waals surface area contributed by atoms with Crippen molar-refractivity contribution in [2.45, 2.75) is 19.4 Å². The molecule has 116 valence electrons. The van der Waals surface area contributed by atoms with Gasteiger partial charge in [-0.1, -0.05) is 22.9 Å². The Kier molecular flexibility index (Phi) is 4.59. The maximum absolute atomic E-state index is 12.4. The van der Waals surface area contributed by atoms with Gasteiger partial charge in [-0.15, -0.1) is 0 Å². The standard InChI is InChI=1S/C16H19BrN4O/c1-11-6-7-18-9-15(11)20-16(22)12-8-19-21(10-12)14-4-2-13(17)3-5-14/h2-5,8,10-11,15,18H,6-7,9H2,1H3,(H,20,22). The molecule has 1 aliphatic rings. The van der Waals surface area contributed by atoms with E-state index in [1.807, 2.05) is 24.3 Å². The molecule has 0 radical (unpaired) electrons. The van der Waals surface area contributed by atoms with E-state index in [-0.39, 0.29) is 11.9 Å². The molecule has 5 nitrogen and oxygen atoms in total. The van der Waals surface area contributed by atoms with E-state index in [1.54, 1.807) is 17.1 Å². The van der Waals surface area contributed by atoms with Crippen LogP contribution in [-0.2, 0) is 0 Å². The zero-order valence-electron chi connectivity index (χ0n) is 12.4. The van der Waals surface area contributed by atoms with E-state index in [4.69, 9.17) is 0 Å². The molecule has 6 heteroatoms. The molecule has 1 fully saturated rings. The largest absolute Gasteiger partial charge is 0.348 e. The summed E-state index contributed by atoms with van der Waals surface area (Å²) in [5.41, 5.74) is 1.51. The van der Waals surface area contributed by atoms with Gasteiger partial charge in [0.15, 0.2) is 0 Å². The second-order valence-electron chi connectivity index (χ2n) is 5.70. The van der Waals surface area contributed by atoms with Gasteiger partial charge in [0.25, 0.3) is 5.91 Å². The van der Waals surface area contributed by atoms with Gasteiger partial charge in [-0.3, -0.25) is 4.79 Å². The monoisotopic (exact) mass is 362 g/mol. The first-order chi connectivity index (χ1) is 10.6. The quantitative estimate of drug-likeness (QED) is 0.880. The number of halogens is 1. The third kappa shape index (κ3) is 3.39. The Morgan fingerprint density at radius 1 is 1.41 bits per heavy atom. The number of hydrogen-bond acceptors (Lipinski definition) is 3. The fourth-order valence-electron chi connectivity index (χ4n) is 2.61. The zero-order chi connectivity index (χ0) is 15.5. The summed E-state index contributed by atoms with van der Waals surface area (Å²) in [5.74, 6) is 0.427. The van der Waals surface area contributed by atoms with Crippen molar-refractivity contribution in [2.24, 2.45) is 5.92 Å². The number of hydrogen-bond donors (Lipinski definition) is 2. The molecule has 2 heterocycles. The molecule has 0 bridgehead atoms. The molecule has 1 saturated heterocycles. The Labute approximate surface area is 138 Å². The SMILES string of the molecule is CC1CCNCC1NC(=O)c1cnn(-c2ccc(Br)cc2)c1. The van der Waals surface area contributed by atoms with Crippen LogP contribution in [0.25, 0.3) is 5.69 Å². The van der Waals surface area contributed by atoms with Crippen LogP contribution in [0.2, 0.25) is 0 Å². The lowest BCUT2D eigenvalue weighted by Gasteiger charge is -2.30. The fourth-order valence-corrected chi connectivity index (χ4v) is 2.87. The Morgan fingerprint density at radius 2 is 2.18 bits per heavy atom. The normalized spacial score (nSPS) is 21.5. The predicted octanol–water partition coefficient (Wildman–Crippen LogP) is 2.36. The number of nitrogens with zero attached hydrogens (tertiary/aromatic N) is 2. The van der Waals surface area contributed by atoms with Crippen molar-refractivity contribution >= 4 is 21.8 Å². The Morgan fingerprint density at radius 3 is 2.91 bits per heavy atom.